The second kappa shape index (κ2) is 14.1. The number of carboxylic acid groups (broad SMARTS) is 1. The fourth-order valence-corrected chi connectivity index (χ4v) is 6.48. The fraction of sp³-hybridized carbons (Fsp3) is 0.143. The third-order valence-corrected chi connectivity index (χ3v) is 9.55. The number of thiazole rings is 1. The van der Waals surface area contributed by atoms with Crippen molar-refractivity contribution < 1.29 is 29.0 Å². The number of nitrogens with one attached hydrogen (secondary N) is 2. The van der Waals surface area contributed by atoms with Gasteiger partial charge in [-0.3, -0.25) is 9.59 Å². The predicted octanol–water partition coefficient (Wildman–Crippen LogP) is 8.51. The first-order chi connectivity index (χ1) is 20.4. The number of thioether (sulfide) groups is 1. The number of halogens is 4. The van der Waals surface area contributed by atoms with Gasteiger partial charge in [-0.25, -0.2) is 9.78 Å². The molecule has 0 aliphatic heterocycles. The summed E-state index contributed by atoms with van der Waals surface area (Å²) in [6.45, 7) is 1.73. The molecule has 0 aliphatic rings. The normalized spacial score (nSPS) is 11.5. The first-order valence-corrected chi connectivity index (χ1v) is 15.4. The average Bonchev–Trinajstić information content (AvgIpc) is 3.45. The van der Waals surface area contributed by atoms with E-state index in [4.69, 9.17) is 55.9 Å². The quantitative estimate of drug-likeness (QED) is 0.0854. The summed E-state index contributed by atoms with van der Waals surface area (Å²) in [6, 6.07) is 12.1. The Hall–Kier alpha value is -3.19. The van der Waals surface area contributed by atoms with Gasteiger partial charge in [-0.1, -0.05) is 52.5 Å². The van der Waals surface area contributed by atoms with Crippen molar-refractivity contribution in [2.75, 3.05) is 24.9 Å². The van der Waals surface area contributed by atoms with E-state index < -0.39 is 33.3 Å². The molecule has 9 nitrogen and oxygen atoms in total. The lowest BCUT2D eigenvalue weighted by Crippen LogP contribution is -2.22. The van der Waals surface area contributed by atoms with Gasteiger partial charge in [0.05, 0.1) is 56.4 Å². The van der Waals surface area contributed by atoms with Crippen LogP contribution in [0.5, 0.6) is 11.5 Å². The molecular weight excluding hydrogens is 680 g/mol. The Labute approximate surface area is 274 Å². The lowest BCUT2D eigenvalue weighted by molar-refractivity contribution is -0.115. The highest BCUT2D eigenvalue weighted by molar-refractivity contribution is 8.00. The van der Waals surface area contributed by atoms with Crippen LogP contribution in [0.2, 0.25) is 20.1 Å². The zero-order chi connectivity index (χ0) is 31.4. The smallest absolute Gasteiger partial charge is 0.338 e. The summed E-state index contributed by atoms with van der Waals surface area (Å²) in [7, 11) is 3.11. The minimum absolute atomic E-state index is 0.247. The van der Waals surface area contributed by atoms with Crippen molar-refractivity contribution in [3.8, 4) is 22.8 Å². The molecule has 0 saturated heterocycles. The molecule has 1 aromatic heterocycles. The summed E-state index contributed by atoms with van der Waals surface area (Å²) < 4.78 is 10.6. The molecule has 1 atom stereocenters. The molecule has 3 aromatic carbocycles. The molecule has 4 aromatic rings. The minimum atomic E-state index is -1.50. The van der Waals surface area contributed by atoms with E-state index in [0.29, 0.717) is 32.9 Å². The van der Waals surface area contributed by atoms with Gasteiger partial charge in [0.2, 0.25) is 5.91 Å². The van der Waals surface area contributed by atoms with E-state index in [9.17, 15) is 19.5 Å². The molecule has 15 heteroatoms. The zero-order valence-corrected chi connectivity index (χ0v) is 27.1. The number of carbonyl (C=O) groups excluding carboxylic acids is 2. The maximum Gasteiger partial charge on any atom is 0.338 e. The number of ether oxygens (including phenoxy) is 2. The Kier molecular flexibility index (Phi) is 10.7. The number of carbonyl (C=O) groups is 3. The molecule has 0 aliphatic carbocycles. The van der Waals surface area contributed by atoms with E-state index in [1.807, 2.05) is 11.4 Å². The Bertz CT molecular complexity index is 1730. The average molecular weight is 701 g/mol. The van der Waals surface area contributed by atoms with E-state index in [1.54, 1.807) is 57.5 Å². The highest BCUT2D eigenvalue weighted by Gasteiger charge is 2.29. The molecule has 4 rings (SSSR count). The number of amides is 2. The Balaban J connectivity index is 1.45. The Morgan fingerprint density at radius 1 is 0.907 bits per heavy atom. The van der Waals surface area contributed by atoms with Gasteiger partial charge in [0, 0.05) is 21.5 Å². The van der Waals surface area contributed by atoms with Gasteiger partial charge in [-0.2, -0.15) is 0 Å². The van der Waals surface area contributed by atoms with Gasteiger partial charge >= 0.3 is 5.97 Å². The third-order valence-electron chi connectivity index (χ3n) is 5.90. The number of hydrogen-bond acceptors (Lipinski definition) is 8. The number of methoxy groups -OCH3 is 2. The van der Waals surface area contributed by atoms with Gasteiger partial charge in [0.1, 0.15) is 0 Å². The van der Waals surface area contributed by atoms with Crippen molar-refractivity contribution >= 4 is 98.1 Å². The molecule has 0 bridgehead atoms. The van der Waals surface area contributed by atoms with Gasteiger partial charge in [-0.05, 0) is 43.3 Å². The molecule has 0 saturated carbocycles. The number of hydrogen-bond donors (Lipinski definition) is 3. The summed E-state index contributed by atoms with van der Waals surface area (Å²) in [5.41, 5.74) is 0.771. The van der Waals surface area contributed by atoms with Crippen LogP contribution in [0.25, 0.3) is 11.3 Å². The van der Waals surface area contributed by atoms with E-state index in [2.05, 4.69) is 15.6 Å². The number of anilines is 2. The van der Waals surface area contributed by atoms with Crippen LogP contribution in [-0.4, -0.2) is 47.3 Å². The largest absolute Gasteiger partial charge is 0.493 e. The highest BCUT2D eigenvalue weighted by atomic mass is 35.5. The van der Waals surface area contributed by atoms with Crippen molar-refractivity contribution in [2.45, 2.75) is 17.1 Å². The molecule has 1 heterocycles. The van der Waals surface area contributed by atoms with E-state index in [1.165, 1.54) is 23.1 Å². The van der Waals surface area contributed by atoms with Crippen LogP contribution < -0.4 is 20.1 Å². The molecule has 0 radical (unpaired) electrons. The zero-order valence-electron chi connectivity index (χ0n) is 22.5. The first kappa shape index (κ1) is 32.7. The van der Waals surface area contributed by atoms with Gasteiger partial charge in [0.15, 0.2) is 16.6 Å². The molecule has 1 unspecified atom stereocenters. The monoisotopic (exact) mass is 699 g/mol. The van der Waals surface area contributed by atoms with Crippen molar-refractivity contribution in [1.82, 2.24) is 4.98 Å². The summed E-state index contributed by atoms with van der Waals surface area (Å²) in [6.07, 6.45) is 0. The molecule has 3 N–H and O–H groups in total. The number of nitrogens with zero attached hydrogens (tertiary/aromatic N) is 1. The van der Waals surface area contributed by atoms with Gasteiger partial charge in [0.25, 0.3) is 5.91 Å². The molecule has 2 amide bonds. The Morgan fingerprint density at radius 3 is 2.23 bits per heavy atom. The lowest BCUT2D eigenvalue weighted by atomic mass is 10.1. The number of carboxylic acids is 1. The molecule has 0 fully saturated rings. The predicted molar refractivity (Wildman–Crippen MR) is 172 cm³/mol. The maximum atomic E-state index is 13.1. The SMILES string of the molecule is COc1ccc(-c2csc(NC(=O)C(C)Sc3cccc(NC(=O)c4c(Cl)c(Cl)c(Cl)c(Cl)c4C(=O)O)c3)n2)cc1OC. The van der Waals surface area contributed by atoms with Gasteiger partial charge < -0.3 is 25.2 Å². The summed E-state index contributed by atoms with van der Waals surface area (Å²) in [4.78, 5) is 43.0. The van der Waals surface area contributed by atoms with Crippen LogP contribution in [0.1, 0.15) is 27.6 Å². The van der Waals surface area contributed by atoms with E-state index in [0.717, 1.165) is 5.56 Å². The van der Waals surface area contributed by atoms with Crippen molar-refractivity contribution in [1.29, 1.82) is 0 Å². The molecular formula is C28H21Cl4N3O6S2. The van der Waals surface area contributed by atoms with Crippen LogP contribution >= 0.6 is 69.5 Å². The number of aromatic nitrogens is 1. The van der Waals surface area contributed by atoms with Crippen LogP contribution in [0, 0.1) is 0 Å². The molecule has 0 spiro atoms. The number of benzene rings is 3. The summed E-state index contributed by atoms with van der Waals surface area (Å²) in [5.74, 6) is -1.48. The lowest BCUT2D eigenvalue weighted by Gasteiger charge is -2.15. The topological polar surface area (TPSA) is 127 Å². The van der Waals surface area contributed by atoms with E-state index >= 15 is 0 Å². The van der Waals surface area contributed by atoms with Gasteiger partial charge in [-0.15, -0.1) is 23.1 Å². The first-order valence-electron chi connectivity index (χ1n) is 12.1. The minimum Gasteiger partial charge on any atom is -0.493 e. The molecule has 43 heavy (non-hydrogen) atoms. The van der Waals surface area contributed by atoms with Crippen LogP contribution in [0.3, 0.4) is 0 Å². The van der Waals surface area contributed by atoms with Crippen LogP contribution in [0.15, 0.2) is 52.7 Å². The summed E-state index contributed by atoms with van der Waals surface area (Å²) in [5, 5.41) is 15.5. The summed E-state index contributed by atoms with van der Waals surface area (Å²) >= 11 is 26.8. The van der Waals surface area contributed by atoms with Crippen LogP contribution in [-0.2, 0) is 4.79 Å². The second-order valence-electron chi connectivity index (χ2n) is 8.65. The maximum absolute atomic E-state index is 13.1. The molecule has 224 valence electrons. The van der Waals surface area contributed by atoms with E-state index in [-0.39, 0.29) is 21.0 Å². The Morgan fingerprint density at radius 2 is 1.58 bits per heavy atom. The standard InChI is InChI=1S/C28H21Cl4N3O6S2/c1-12(25(36)35-28-34-16(11-42-28)13-7-8-17(40-2)18(9-13)41-3)43-15-6-4-5-14(10-15)33-26(37)19-20(27(38)39)22(30)24(32)23(31)21(19)29/h4-12H,1-3H3,(H,33,37)(H,38,39)(H,34,35,36). The fourth-order valence-electron chi connectivity index (χ4n) is 3.81. The number of aromatic carboxylic acids is 1. The van der Waals surface area contributed by atoms with Crippen molar-refractivity contribution in [3.05, 3.63) is 79.1 Å². The van der Waals surface area contributed by atoms with Crippen molar-refractivity contribution in [3.63, 3.8) is 0 Å². The number of rotatable bonds is 10. The third kappa shape index (κ3) is 7.31. The second-order valence-corrected chi connectivity index (χ2v) is 12.4. The highest BCUT2D eigenvalue weighted by Crippen LogP contribution is 2.42. The van der Waals surface area contributed by atoms with Crippen molar-refractivity contribution in [2.24, 2.45) is 0 Å². The van der Waals surface area contributed by atoms with Crippen LogP contribution in [0.4, 0.5) is 10.8 Å².